The number of nitrogens with zero attached hydrogens (tertiary/aromatic N) is 1. The number of urea groups is 1. The molecule has 1 saturated carbocycles. The fourth-order valence-corrected chi connectivity index (χ4v) is 1.49. The van der Waals surface area contributed by atoms with Crippen LogP contribution in [0.25, 0.3) is 0 Å². The molecule has 0 saturated heterocycles. The lowest BCUT2D eigenvalue weighted by atomic mass is 10.2. The Balaban J connectivity index is 2.47. The first-order valence-corrected chi connectivity index (χ1v) is 5.25. The molecule has 1 fully saturated rings. The predicted molar refractivity (Wildman–Crippen MR) is 60.1 cm³/mol. The van der Waals surface area contributed by atoms with Crippen LogP contribution in [0.1, 0.15) is 20.3 Å². The lowest BCUT2D eigenvalue weighted by molar-refractivity contribution is -0.137. The fraction of sp³-hybridized carbons (Fsp3) is 0.636. The van der Waals surface area contributed by atoms with E-state index < -0.39 is 5.97 Å². The smallest absolute Gasteiger partial charge is 0.323 e. The summed E-state index contributed by atoms with van der Waals surface area (Å²) >= 11 is 0. The lowest BCUT2D eigenvalue weighted by Gasteiger charge is -2.20. The molecule has 16 heavy (non-hydrogen) atoms. The van der Waals surface area contributed by atoms with Crippen LogP contribution in [0, 0.1) is 5.41 Å². The number of carbonyl (C=O) groups is 2. The number of carboxylic acid groups (broad SMARTS) is 1. The highest BCUT2D eigenvalue weighted by Crippen LogP contribution is 2.44. The molecule has 0 aliphatic heterocycles. The summed E-state index contributed by atoms with van der Waals surface area (Å²) in [6.45, 7) is 7.56. The molecule has 5 heteroatoms. The summed E-state index contributed by atoms with van der Waals surface area (Å²) < 4.78 is 0. The van der Waals surface area contributed by atoms with Gasteiger partial charge in [-0.15, -0.1) is 6.58 Å². The van der Waals surface area contributed by atoms with Gasteiger partial charge in [0.05, 0.1) is 0 Å². The van der Waals surface area contributed by atoms with Gasteiger partial charge in [-0.3, -0.25) is 4.79 Å². The second-order valence-electron chi connectivity index (χ2n) is 4.76. The molecule has 90 valence electrons. The van der Waals surface area contributed by atoms with Crippen LogP contribution < -0.4 is 5.32 Å². The van der Waals surface area contributed by atoms with E-state index in [1.807, 2.05) is 0 Å². The fourth-order valence-electron chi connectivity index (χ4n) is 1.49. The number of amides is 2. The van der Waals surface area contributed by atoms with Crippen LogP contribution >= 0.6 is 0 Å². The van der Waals surface area contributed by atoms with Crippen LogP contribution in [0.3, 0.4) is 0 Å². The average molecular weight is 226 g/mol. The van der Waals surface area contributed by atoms with E-state index in [0.29, 0.717) is 0 Å². The number of hydrogen-bond donors (Lipinski definition) is 2. The Morgan fingerprint density at radius 1 is 1.62 bits per heavy atom. The Kier molecular flexibility index (Phi) is 3.57. The van der Waals surface area contributed by atoms with Gasteiger partial charge < -0.3 is 15.3 Å². The molecule has 2 amide bonds. The van der Waals surface area contributed by atoms with Crippen molar-refractivity contribution in [2.24, 2.45) is 5.41 Å². The number of nitrogens with one attached hydrogen (secondary N) is 1. The van der Waals surface area contributed by atoms with Gasteiger partial charge in [0.1, 0.15) is 6.54 Å². The van der Waals surface area contributed by atoms with E-state index in [4.69, 9.17) is 5.11 Å². The van der Waals surface area contributed by atoms with Crippen LogP contribution in [0.2, 0.25) is 0 Å². The third kappa shape index (κ3) is 3.25. The zero-order valence-electron chi connectivity index (χ0n) is 9.69. The first kappa shape index (κ1) is 12.5. The highest BCUT2D eigenvalue weighted by Gasteiger charge is 2.47. The van der Waals surface area contributed by atoms with E-state index in [1.54, 1.807) is 0 Å². The van der Waals surface area contributed by atoms with E-state index >= 15 is 0 Å². The van der Waals surface area contributed by atoms with Crippen molar-refractivity contribution in [2.45, 2.75) is 26.3 Å². The monoisotopic (exact) mass is 226 g/mol. The number of carboxylic acids is 1. The van der Waals surface area contributed by atoms with Crippen LogP contribution in [0.5, 0.6) is 0 Å². The summed E-state index contributed by atoms with van der Waals surface area (Å²) in [6, 6.07) is -0.181. The molecule has 0 heterocycles. The minimum Gasteiger partial charge on any atom is -0.480 e. The van der Waals surface area contributed by atoms with Crippen molar-refractivity contribution in [3.8, 4) is 0 Å². The highest BCUT2D eigenvalue weighted by molar-refractivity contribution is 5.80. The normalized spacial score (nSPS) is 21.0. The van der Waals surface area contributed by atoms with E-state index in [0.717, 1.165) is 6.42 Å². The molecule has 5 nitrogen and oxygen atoms in total. The largest absolute Gasteiger partial charge is 0.480 e. The van der Waals surface area contributed by atoms with Gasteiger partial charge in [-0.2, -0.15) is 0 Å². The molecule has 0 aromatic carbocycles. The predicted octanol–water partition coefficient (Wildman–Crippen LogP) is 1.07. The Labute approximate surface area is 95.1 Å². The Bertz CT molecular complexity index is 312. The van der Waals surface area contributed by atoms with Crippen molar-refractivity contribution in [1.82, 2.24) is 10.2 Å². The van der Waals surface area contributed by atoms with Gasteiger partial charge in [0.25, 0.3) is 0 Å². The topological polar surface area (TPSA) is 69.6 Å². The van der Waals surface area contributed by atoms with Crippen LogP contribution in [0.15, 0.2) is 12.7 Å². The molecule has 0 spiro atoms. The molecule has 2 N–H and O–H groups in total. The maximum absolute atomic E-state index is 11.7. The third-order valence-electron chi connectivity index (χ3n) is 2.77. The minimum atomic E-state index is -1.02. The zero-order chi connectivity index (χ0) is 12.3. The molecular formula is C11H18N2O3. The quantitative estimate of drug-likeness (QED) is 0.689. The lowest BCUT2D eigenvalue weighted by Crippen LogP contribution is -2.44. The molecule has 0 radical (unpaired) electrons. The van der Waals surface area contributed by atoms with Crippen molar-refractivity contribution >= 4 is 12.0 Å². The van der Waals surface area contributed by atoms with Gasteiger partial charge in [0.2, 0.25) is 0 Å². The SMILES string of the molecule is C=CCN(CC(=O)O)C(=O)NC1CC1(C)C. The van der Waals surface area contributed by atoms with Crippen molar-refractivity contribution in [3.05, 3.63) is 12.7 Å². The summed E-state index contributed by atoms with van der Waals surface area (Å²) in [5.41, 5.74) is 0.138. The van der Waals surface area contributed by atoms with Crippen molar-refractivity contribution in [3.63, 3.8) is 0 Å². The second-order valence-corrected chi connectivity index (χ2v) is 4.76. The van der Waals surface area contributed by atoms with Crippen molar-refractivity contribution in [2.75, 3.05) is 13.1 Å². The Hall–Kier alpha value is -1.52. The van der Waals surface area contributed by atoms with Crippen molar-refractivity contribution < 1.29 is 14.7 Å². The molecule has 1 atom stereocenters. The van der Waals surface area contributed by atoms with E-state index in [-0.39, 0.29) is 30.6 Å². The summed E-state index contributed by atoms with van der Waals surface area (Å²) in [5.74, 6) is -1.02. The number of aliphatic carboxylic acids is 1. The molecule has 0 aromatic heterocycles. The van der Waals surface area contributed by atoms with Gasteiger partial charge in [0, 0.05) is 12.6 Å². The molecule has 1 rings (SSSR count). The minimum absolute atomic E-state index is 0.138. The molecule has 1 aliphatic rings. The van der Waals surface area contributed by atoms with Crippen LogP contribution in [-0.4, -0.2) is 41.1 Å². The molecule has 0 aromatic rings. The number of rotatable bonds is 5. The average Bonchev–Trinajstić information content (AvgIpc) is 2.72. The highest BCUT2D eigenvalue weighted by atomic mass is 16.4. The van der Waals surface area contributed by atoms with Crippen LogP contribution in [0.4, 0.5) is 4.79 Å². The first-order chi connectivity index (χ1) is 7.36. The number of carbonyl (C=O) groups excluding carboxylic acids is 1. The molecule has 0 bridgehead atoms. The molecule has 1 aliphatic carbocycles. The standard InChI is InChI=1S/C11H18N2O3/c1-4-5-13(7-9(14)15)10(16)12-8-6-11(8,2)3/h4,8H,1,5-7H2,2-3H3,(H,12,16)(H,14,15). The Morgan fingerprint density at radius 3 is 2.56 bits per heavy atom. The van der Waals surface area contributed by atoms with Gasteiger partial charge in [-0.05, 0) is 11.8 Å². The van der Waals surface area contributed by atoms with Gasteiger partial charge in [0.15, 0.2) is 0 Å². The zero-order valence-corrected chi connectivity index (χ0v) is 9.69. The second kappa shape index (κ2) is 4.55. The van der Waals surface area contributed by atoms with Gasteiger partial charge in [-0.25, -0.2) is 4.79 Å². The summed E-state index contributed by atoms with van der Waals surface area (Å²) in [5, 5.41) is 11.5. The maximum Gasteiger partial charge on any atom is 0.323 e. The maximum atomic E-state index is 11.7. The van der Waals surface area contributed by atoms with E-state index in [1.165, 1.54) is 11.0 Å². The first-order valence-electron chi connectivity index (χ1n) is 5.25. The molecular weight excluding hydrogens is 208 g/mol. The number of hydrogen-bond acceptors (Lipinski definition) is 2. The van der Waals surface area contributed by atoms with Crippen LogP contribution in [-0.2, 0) is 4.79 Å². The molecule has 1 unspecified atom stereocenters. The third-order valence-corrected chi connectivity index (χ3v) is 2.77. The summed E-state index contributed by atoms with van der Waals surface area (Å²) in [7, 11) is 0. The summed E-state index contributed by atoms with van der Waals surface area (Å²) in [6.07, 6.45) is 2.45. The van der Waals surface area contributed by atoms with E-state index in [2.05, 4.69) is 25.7 Å². The summed E-state index contributed by atoms with van der Waals surface area (Å²) in [4.78, 5) is 23.5. The van der Waals surface area contributed by atoms with Gasteiger partial charge in [-0.1, -0.05) is 19.9 Å². The van der Waals surface area contributed by atoms with E-state index in [9.17, 15) is 9.59 Å². The van der Waals surface area contributed by atoms with Gasteiger partial charge >= 0.3 is 12.0 Å². The van der Waals surface area contributed by atoms with Crippen molar-refractivity contribution in [1.29, 1.82) is 0 Å². The Morgan fingerprint density at radius 2 is 2.19 bits per heavy atom.